The zero-order valence-corrected chi connectivity index (χ0v) is 24.1. The molecule has 7 aromatic carbocycles. The summed E-state index contributed by atoms with van der Waals surface area (Å²) in [5, 5.41) is 4.36. The van der Waals surface area contributed by atoms with E-state index in [2.05, 4.69) is 120 Å². The van der Waals surface area contributed by atoms with E-state index in [0.29, 0.717) is 0 Å². The van der Waals surface area contributed by atoms with Gasteiger partial charge in [-0.25, -0.2) is 0 Å². The first-order chi connectivity index (χ1) is 22.3. The summed E-state index contributed by atoms with van der Waals surface area (Å²) in [5.74, 6) is 3.43. The summed E-state index contributed by atoms with van der Waals surface area (Å²) in [5.41, 5.74) is 8.15. The SMILES string of the molecule is c1ccc(N(c2ccccc2)c2ccc3c(c2)oc2cc4c(cc23)Oc2cccc3c2B4c2ccc4ccccc4c2O3)cc1. The first kappa shape index (κ1) is 24.5. The van der Waals surface area contributed by atoms with E-state index in [1.165, 1.54) is 0 Å². The van der Waals surface area contributed by atoms with Gasteiger partial charge in [-0.3, -0.25) is 0 Å². The zero-order chi connectivity index (χ0) is 29.5. The number of fused-ring (bicyclic) bond motifs is 9. The molecule has 0 N–H and O–H groups in total. The van der Waals surface area contributed by atoms with Crippen LogP contribution in [-0.2, 0) is 0 Å². The Morgan fingerprint density at radius 1 is 0.444 bits per heavy atom. The highest BCUT2D eigenvalue weighted by Gasteiger charge is 2.41. The lowest BCUT2D eigenvalue weighted by Crippen LogP contribution is -2.57. The smallest absolute Gasteiger partial charge is 0.260 e. The highest BCUT2D eigenvalue weighted by Crippen LogP contribution is 2.41. The normalized spacial score (nSPS) is 12.8. The molecule has 0 radical (unpaired) electrons. The second kappa shape index (κ2) is 9.28. The Morgan fingerprint density at radius 3 is 1.96 bits per heavy atom. The molecule has 4 nitrogen and oxygen atoms in total. The molecular weight excluding hydrogens is 553 g/mol. The number of furan rings is 1. The van der Waals surface area contributed by atoms with Crippen LogP contribution in [0, 0.1) is 0 Å². The maximum atomic E-state index is 6.65. The average Bonchev–Trinajstić information content (AvgIpc) is 3.45. The third-order valence-corrected chi connectivity index (χ3v) is 9.15. The van der Waals surface area contributed by atoms with Crippen LogP contribution in [0.1, 0.15) is 0 Å². The Morgan fingerprint density at radius 2 is 1.16 bits per heavy atom. The molecule has 0 aliphatic carbocycles. The van der Waals surface area contributed by atoms with Gasteiger partial charge in [-0.05, 0) is 77.0 Å². The van der Waals surface area contributed by atoms with Crippen molar-refractivity contribution in [1.82, 2.24) is 0 Å². The standard InChI is InChI=1S/C40H24BNO3/c1-3-11-26(12-4-1)42(27-13-5-2-6-14-27)28-19-20-30-31-23-38-33(24-37(31)44-36(30)22-28)41-32-21-18-25-10-7-8-15-29(25)40(32)45-35-17-9-16-34(43-38)39(35)41/h1-24H. The summed E-state index contributed by atoms with van der Waals surface area (Å²) < 4.78 is 19.8. The predicted molar refractivity (Wildman–Crippen MR) is 184 cm³/mol. The molecule has 0 saturated heterocycles. The number of hydrogen-bond acceptors (Lipinski definition) is 4. The van der Waals surface area contributed by atoms with Crippen LogP contribution in [0.25, 0.3) is 32.7 Å². The maximum absolute atomic E-state index is 6.65. The number of hydrogen-bond donors (Lipinski definition) is 0. The minimum Gasteiger partial charge on any atom is -0.458 e. The van der Waals surface area contributed by atoms with Crippen LogP contribution in [0.3, 0.4) is 0 Å². The molecule has 1 aromatic heterocycles. The van der Waals surface area contributed by atoms with E-state index in [0.717, 1.165) is 89.2 Å². The topological polar surface area (TPSA) is 34.8 Å². The van der Waals surface area contributed by atoms with E-state index in [4.69, 9.17) is 13.9 Å². The first-order valence-electron chi connectivity index (χ1n) is 15.2. The molecule has 210 valence electrons. The Kier molecular flexibility index (Phi) is 5.05. The summed E-state index contributed by atoms with van der Waals surface area (Å²) in [6, 6.07) is 50.5. The van der Waals surface area contributed by atoms with E-state index >= 15 is 0 Å². The van der Waals surface area contributed by atoms with Gasteiger partial charge >= 0.3 is 0 Å². The van der Waals surface area contributed by atoms with Crippen molar-refractivity contribution in [2.45, 2.75) is 0 Å². The van der Waals surface area contributed by atoms with Crippen molar-refractivity contribution in [1.29, 1.82) is 0 Å². The number of ether oxygens (including phenoxy) is 2. The van der Waals surface area contributed by atoms with Gasteiger partial charge in [-0.2, -0.15) is 0 Å². The average molecular weight is 577 g/mol. The molecular formula is C40H24BNO3. The molecule has 0 bridgehead atoms. The van der Waals surface area contributed by atoms with Gasteiger partial charge in [0.15, 0.2) is 0 Å². The molecule has 0 amide bonds. The summed E-state index contributed by atoms with van der Waals surface area (Å²) in [4.78, 5) is 2.25. The van der Waals surface area contributed by atoms with Crippen LogP contribution in [0.5, 0.6) is 23.0 Å². The Labute approximate surface area is 259 Å². The third-order valence-electron chi connectivity index (χ3n) is 9.15. The van der Waals surface area contributed by atoms with Crippen molar-refractivity contribution in [3.05, 3.63) is 146 Å². The summed E-state index contributed by atoms with van der Waals surface area (Å²) in [6.07, 6.45) is 0. The van der Waals surface area contributed by atoms with E-state index in [1.807, 2.05) is 30.3 Å². The van der Waals surface area contributed by atoms with Crippen LogP contribution >= 0.6 is 0 Å². The molecule has 2 aliphatic heterocycles. The number of benzene rings is 7. The number of nitrogens with zero attached hydrogens (tertiary/aromatic N) is 1. The first-order valence-corrected chi connectivity index (χ1v) is 15.2. The Bertz CT molecular complexity index is 2410. The summed E-state index contributed by atoms with van der Waals surface area (Å²) in [7, 11) is 0. The lowest BCUT2D eigenvalue weighted by Gasteiger charge is -2.33. The maximum Gasteiger partial charge on any atom is 0.260 e. The highest BCUT2D eigenvalue weighted by atomic mass is 16.5. The number of rotatable bonds is 3. The van der Waals surface area contributed by atoms with Crippen molar-refractivity contribution >= 4 is 72.9 Å². The highest BCUT2D eigenvalue weighted by molar-refractivity contribution is 6.98. The van der Waals surface area contributed by atoms with Gasteiger partial charge < -0.3 is 18.8 Å². The molecule has 0 saturated carbocycles. The minimum absolute atomic E-state index is 0.0341. The van der Waals surface area contributed by atoms with Crippen LogP contribution in [0.15, 0.2) is 150 Å². The van der Waals surface area contributed by atoms with Gasteiger partial charge in [0, 0.05) is 44.8 Å². The van der Waals surface area contributed by atoms with Crippen molar-refractivity contribution in [2.24, 2.45) is 0 Å². The third kappa shape index (κ3) is 3.61. The lowest BCUT2D eigenvalue weighted by atomic mass is 9.34. The molecule has 0 spiro atoms. The van der Waals surface area contributed by atoms with E-state index in [-0.39, 0.29) is 6.71 Å². The predicted octanol–water partition coefficient (Wildman–Crippen LogP) is 8.94. The van der Waals surface area contributed by atoms with Crippen LogP contribution in [0.2, 0.25) is 0 Å². The summed E-state index contributed by atoms with van der Waals surface area (Å²) in [6.45, 7) is -0.0341. The fourth-order valence-electron chi connectivity index (χ4n) is 7.16. The fraction of sp³-hybridized carbons (Fsp3) is 0. The van der Waals surface area contributed by atoms with E-state index < -0.39 is 0 Å². The van der Waals surface area contributed by atoms with Crippen molar-refractivity contribution in [2.75, 3.05) is 4.90 Å². The van der Waals surface area contributed by atoms with Gasteiger partial charge in [0.05, 0.1) is 0 Å². The van der Waals surface area contributed by atoms with E-state index in [1.54, 1.807) is 0 Å². The zero-order valence-electron chi connectivity index (χ0n) is 24.1. The van der Waals surface area contributed by atoms with Gasteiger partial charge in [-0.1, -0.05) is 78.9 Å². The van der Waals surface area contributed by atoms with Gasteiger partial charge in [0.2, 0.25) is 0 Å². The molecule has 0 fully saturated rings. The monoisotopic (exact) mass is 577 g/mol. The molecule has 0 atom stereocenters. The lowest BCUT2D eigenvalue weighted by molar-refractivity contribution is 0.467. The molecule has 3 heterocycles. The molecule has 2 aliphatic rings. The van der Waals surface area contributed by atoms with Crippen molar-refractivity contribution in [3.8, 4) is 23.0 Å². The largest absolute Gasteiger partial charge is 0.458 e. The van der Waals surface area contributed by atoms with Crippen molar-refractivity contribution in [3.63, 3.8) is 0 Å². The van der Waals surface area contributed by atoms with Crippen LogP contribution < -0.4 is 30.8 Å². The molecule has 10 rings (SSSR count). The Hall–Kier alpha value is -5.94. The Balaban J connectivity index is 1.16. The second-order valence-electron chi connectivity index (χ2n) is 11.7. The quantitative estimate of drug-likeness (QED) is 0.197. The summed E-state index contributed by atoms with van der Waals surface area (Å²) >= 11 is 0. The van der Waals surface area contributed by atoms with Gasteiger partial charge in [-0.15, -0.1) is 0 Å². The van der Waals surface area contributed by atoms with Crippen molar-refractivity contribution < 1.29 is 13.9 Å². The van der Waals surface area contributed by atoms with Crippen LogP contribution in [0.4, 0.5) is 17.1 Å². The van der Waals surface area contributed by atoms with Gasteiger partial charge in [0.1, 0.15) is 34.2 Å². The second-order valence-corrected chi connectivity index (χ2v) is 11.7. The van der Waals surface area contributed by atoms with Gasteiger partial charge in [0.25, 0.3) is 6.71 Å². The van der Waals surface area contributed by atoms with Crippen LogP contribution in [-0.4, -0.2) is 6.71 Å². The van der Waals surface area contributed by atoms with E-state index in [9.17, 15) is 0 Å². The number of para-hydroxylation sites is 2. The number of anilines is 3. The molecule has 5 heteroatoms. The molecule has 0 unspecified atom stereocenters. The fourth-order valence-corrected chi connectivity index (χ4v) is 7.16. The minimum atomic E-state index is -0.0341. The molecule has 45 heavy (non-hydrogen) atoms. The molecule has 8 aromatic rings.